The zero-order chi connectivity index (χ0) is 13.3. The van der Waals surface area contributed by atoms with Gasteiger partial charge in [0.25, 0.3) is 0 Å². The molecule has 2 rings (SSSR count). The maximum Gasteiger partial charge on any atom is 0.443 e. The highest BCUT2D eigenvalue weighted by Crippen LogP contribution is 2.32. The van der Waals surface area contributed by atoms with Crippen molar-refractivity contribution in [3.05, 3.63) is 45.1 Å². The van der Waals surface area contributed by atoms with Gasteiger partial charge in [-0.15, -0.1) is 11.3 Å². The average Bonchev–Trinajstić information content (AvgIpc) is 2.78. The van der Waals surface area contributed by atoms with E-state index in [2.05, 4.69) is 9.97 Å². The zero-order valence-electron chi connectivity index (χ0n) is 8.53. The maximum atomic E-state index is 12.3. The van der Waals surface area contributed by atoms with Crippen molar-refractivity contribution in [1.82, 2.24) is 9.97 Å². The van der Waals surface area contributed by atoms with Crippen molar-refractivity contribution in [3.63, 3.8) is 0 Å². The van der Waals surface area contributed by atoms with Crippen LogP contribution in [0.2, 0.25) is 5.02 Å². The molecule has 2 aromatic rings. The Morgan fingerprint density at radius 2 is 1.94 bits per heavy atom. The van der Waals surface area contributed by atoms with Gasteiger partial charge in [0.05, 0.1) is 9.90 Å². The summed E-state index contributed by atoms with van der Waals surface area (Å²) in [5.41, 5.74) is 0.0248. The van der Waals surface area contributed by atoms with Gasteiger partial charge in [0.1, 0.15) is 5.69 Å². The third-order valence-corrected chi connectivity index (χ3v) is 3.20. The molecule has 0 fully saturated rings. The molecule has 0 radical (unpaired) electrons. The predicted octanol–water partition coefficient (Wildman–Crippen LogP) is 3.44. The van der Waals surface area contributed by atoms with Crippen LogP contribution in [0.4, 0.5) is 13.2 Å². The molecule has 8 heteroatoms. The molecule has 0 spiro atoms. The molecule has 0 aliphatic heterocycles. The molecule has 18 heavy (non-hydrogen) atoms. The largest absolute Gasteiger partial charge is 0.443 e. The van der Waals surface area contributed by atoms with E-state index < -0.39 is 17.0 Å². The summed E-state index contributed by atoms with van der Waals surface area (Å²) in [5.74, 6) is -0.611. The van der Waals surface area contributed by atoms with Gasteiger partial charge >= 0.3 is 6.18 Å². The lowest BCUT2D eigenvalue weighted by Gasteiger charge is -1.99. The molecule has 3 nitrogen and oxygen atoms in total. The molecule has 0 atom stereocenters. The molecule has 0 unspecified atom stereocenters. The normalized spacial score (nSPS) is 11.6. The lowest BCUT2D eigenvalue weighted by atomic mass is 10.2. The van der Waals surface area contributed by atoms with E-state index in [9.17, 15) is 18.0 Å². The Kier molecular flexibility index (Phi) is 3.36. The van der Waals surface area contributed by atoms with Crippen LogP contribution in [-0.4, -0.2) is 15.8 Å². The predicted molar refractivity (Wildman–Crippen MR) is 59.8 cm³/mol. The van der Waals surface area contributed by atoms with Gasteiger partial charge in [-0.1, -0.05) is 11.6 Å². The van der Waals surface area contributed by atoms with Crippen LogP contribution in [0.3, 0.4) is 0 Å². The summed E-state index contributed by atoms with van der Waals surface area (Å²) in [5, 5.41) is -0.716. The van der Waals surface area contributed by atoms with E-state index in [0.717, 1.165) is 6.20 Å². The molecule has 0 saturated carbocycles. The zero-order valence-corrected chi connectivity index (χ0v) is 10.1. The lowest BCUT2D eigenvalue weighted by molar-refractivity contribution is -0.137. The minimum absolute atomic E-state index is 0.0248. The standard InChI is InChI=1S/C10H4ClF3N2OS/c11-5-1-2-6(15-3-5)8(17)7-4-16-9(18-7)10(12,13)14/h1-4H. The Hall–Kier alpha value is -1.47. The average molecular weight is 293 g/mol. The molecule has 0 bridgehead atoms. The number of carbonyl (C=O) groups excluding carboxylic acids is 1. The van der Waals surface area contributed by atoms with Crippen LogP contribution >= 0.6 is 22.9 Å². The second-order valence-electron chi connectivity index (χ2n) is 3.22. The Bertz CT molecular complexity index is 580. The highest BCUT2D eigenvalue weighted by Gasteiger charge is 2.35. The molecule has 2 heterocycles. The van der Waals surface area contributed by atoms with Crippen LogP contribution in [0, 0.1) is 0 Å². The van der Waals surface area contributed by atoms with Crippen LogP contribution in [0.5, 0.6) is 0 Å². The fraction of sp³-hybridized carbons (Fsp3) is 0.100. The second-order valence-corrected chi connectivity index (χ2v) is 4.69. The number of hydrogen-bond donors (Lipinski definition) is 0. The van der Waals surface area contributed by atoms with E-state index in [-0.39, 0.29) is 21.9 Å². The third kappa shape index (κ3) is 2.68. The number of thiazole rings is 1. The van der Waals surface area contributed by atoms with E-state index in [1.165, 1.54) is 18.3 Å². The van der Waals surface area contributed by atoms with Crippen molar-refractivity contribution in [1.29, 1.82) is 0 Å². The monoisotopic (exact) mass is 292 g/mol. The molecule has 0 aromatic carbocycles. The van der Waals surface area contributed by atoms with Crippen LogP contribution in [0.15, 0.2) is 24.5 Å². The van der Waals surface area contributed by atoms with Crippen LogP contribution < -0.4 is 0 Å². The summed E-state index contributed by atoms with van der Waals surface area (Å²) in [7, 11) is 0. The van der Waals surface area contributed by atoms with E-state index in [1.54, 1.807) is 0 Å². The highest BCUT2D eigenvalue weighted by molar-refractivity contribution is 7.13. The molecule has 94 valence electrons. The van der Waals surface area contributed by atoms with E-state index in [4.69, 9.17) is 11.6 Å². The minimum atomic E-state index is -4.55. The van der Waals surface area contributed by atoms with Crippen molar-refractivity contribution in [2.45, 2.75) is 6.18 Å². The smallest absolute Gasteiger partial charge is 0.286 e. The summed E-state index contributed by atoms with van der Waals surface area (Å²) < 4.78 is 37.0. The van der Waals surface area contributed by atoms with Gasteiger partial charge in [-0.2, -0.15) is 13.2 Å². The lowest BCUT2D eigenvalue weighted by Crippen LogP contribution is -2.03. The number of ketones is 1. The number of halogens is 4. The first-order chi connectivity index (χ1) is 8.38. The number of pyridine rings is 1. The van der Waals surface area contributed by atoms with Crippen LogP contribution in [-0.2, 0) is 6.18 Å². The topological polar surface area (TPSA) is 42.9 Å². The first-order valence-electron chi connectivity index (χ1n) is 4.57. The molecule has 2 aromatic heterocycles. The number of rotatable bonds is 2. The first-order valence-corrected chi connectivity index (χ1v) is 5.76. The summed E-state index contributed by atoms with van der Waals surface area (Å²) in [6, 6.07) is 2.78. The Labute approximate surface area is 108 Å². The SMILES string of the molecule is O=C(c1ccc(Cl)cn1)c1cnc(C(F)(F)F)s1. The Morgan fingerprint density at radius 1 is 1.22 bits per heavy atom. The van der Waals surface area contributed by atoms with Gasteiger partial charge in [-0.05, 0) is 12.1 Å². The number of aromatic nitrogens is 2. The molecular formula is C10H4ClF3N2OS. The molecule has 0 aliphatic carbocycles. The number of hydrogen-bond acceptors (Lipinski definition) is 4. The van der Waals surface area contributed by atoms with E-state index in [0.29, 0.717) is 5.02 Å². The Morgan fingerprint density at radius 3 is 2.44 bits per heavy atom. The molecular weight excluding hydrogens is 289 g/mol. The van der Waals surface area contributed by atoms with Crippen LogP contribution in [0.1, 0.15) is 20.4 Å². The first kappa shape index (κ1) is 13.0. The summed E-state index contributed by atoms with van der Waals surface area (Å²) in [6.07, 6.45) is -2.40. The second kappa shape index (κ2) is 4.66. The van der Waals surface area contributed by atoms with Gasteiger partial charge in [0, 0.05) is 12.4 Å². The quantitative estimate of drug-likeness (QED) is 0.796. The molecule has 0 N–H and O–H groups in total. The molecule has 0 saturated heterocycles. The van der Waals surface area contributed by atoms with Gasteiger partial charge < -0.3 is 0 Å². The van der Waals surface area contributed by atoms with Crippen molar-refractivity contribution in [2.75, 3.05) is 0 Å². The van der Waals surface area contributed by atoms with Crippen molar-refractivity contribution in [3.8, 4) is 0 Å². The van der Waals surface area contributed by atoms with Crippen molar-refractivity contribution >= 4 is 28.7 Å². The van der Waals surface area contributed by atoms with Crippen LogP contribution in [0.25, 0.3) is 0 Å². The van der Waals surface area contributed by atoms with Crippen molar-refractivity contribution < 1.29 is 18.0 Å². The summed E-state index contributed by atoms with van der Waals surface area (Å²) in [6.45, 7) is 0. The highest BCUT2D eigenvalue weighted by atomic mass is 35.5. The molecule has 0 aliphatic rings. The van der Waals surface area contributed by atoms with Gasteiger partial charge in [-0.3, -0.25) is 9.78 Å². The van der Waals surface area contributed by atoms with E-state index >= 15 is 0 Å². The van der Waals surface area contributed by atoms with Gasteiger partial charge in [0.2, 0.25) is 5.78 Å². The molecule has 0 amide bonds. The fourth-order valence-electron chi connectivity index (χ4n) is 1.15. The fourth-order valence-corrected chi connectivity index (χ4v) is 1.99. The summed E-state index contributed by atoms with van der Waals surface area (Å²) >= 11 is 5.88. The Balaban J connectivity index is 2.29. The van der Waals surface area contributed by atoms with E-state index in [1.807, 2.05) is 0 Å². The minimum Gasteiger partial charge on any atom is -0.286 e. The number of nitrogens with zero attached hydrogens (tertiary/aromatic N) is 2. The summed E-state index contributed by atoms with van der Waals surface area (Å²) in [4.78, 5) is 18.6. The van der Waals surface area contributed by atoms with Gasteiger partial charge in [0.15, 0.2) is 5.01 Å². The number of alkyl halides is 3. The number of carbonyl (C=O) groups is 1. The van der Waals surface area contributed by atoms with Gasteiger partial charge in [-0.25, -0.2) is 4.98 Å². The third-order valence-electron chi connectivity index (χ3n) is 1.93. The van der Waals surface area contributed by atoms with Crippen molar-refractivity contribution in [2.24, 2.45) is 0 Å². The maximum absolute atomic E-state index is 12.3.